The molecule has 3 N–H and O–H groups in total. The molecule has 1 fully saturated rings. The van der Waals surface area contributed by atoms with Crippen LogP contribution in [0.5, 0.6) is 0 Å². The third-order valence-corrected chi connectivity index (χ3v) is 4.95. The zero-order valence-electron chi connectivity index (χ0n) is 16.0. The highest BCUT2D eigenvalue weighted by atomic mass is 15.2. The molecule has 1 aromatic heterocycles. The molecule has 7 heteroatoms. The first-order valence-electron chi connectivity index (χ1n) is 9.53. The van der Waals surface area contributed by atoms with Gasteiger partial charge in [0, 0.05) is 44.0 Å². The summed E-state index contributed by atoms with van der Waals surface area (Å²) in [5.74, 6) is 1.60. The molecule has 4 rings (SSSR count). The summed E-state index contributed by atoms with van der Waals surface area (Å²) in [5, 5.41) is 13.8. The number of para-hydroxylation sites is 1. The maximum absolute atomic E-state index is 4.38. The van der Waals surface area contributed by atoms with Crippen LogP contribution in [0.4, 0.5) is 5.69 Å². The Hall–Kier alpha value is -3.35. The summed E-state index contributed by atoms with van der Waals surface area (Å²) < 4.78 is 0. The lowest BCUT2D eigenvalue weighted by molar-refractivity contribution is 0.648. The quantitative estimate of drug-likeness (QED) is 0.471. The molecule has 0 aliphatic carbocycles. The highest BCUT2D eigenvalue weighted by molar-refractivity contribution is 5.80. The van der Waals surface area contributed by atoms with Crippen LogP contribution >= 0.6 is 0 Å². The topological polar surface area (TPSA) is 81.2 Å². The molecule has 1 unspecified atom stereocenters. The van der Waals surface area contributed by atoms with Gasteiger partial charge in [0.05, 0.1) is 0 Å². The Morgan fingerprint density at radius 1 is 1.21 bits per heavy atom. The number of aliphatic imine (C=N–C) groups is 1. The average Bonchev–Trinajstić information content (AvgIpc) is 3.44. The molecule has 0 amide bonds. The van der Waals surface area contributed by atoms with Gasteiger partial charge in [0.1, 0.15) is 6.33 Å². The summed E-state index contributed by atoms with van der Waals surface area (Å²) in [4.78, 5) is 11.0. The number of aromatic amines is 1. The van der Waals surface area contributed by atoms with Gasteiger partial charge in [-0.3, -0.25) is 10.1 Å². The summed E-state index contributed by atoms with van der Waals surface area (Å²) in [5.41, 5.74) is 3.46. The number of H-pyrrole nitrogens is 1. The van der Waals surface area contributed by atoms with Crippen molar-refractivity contribution in [1.82, 2.24) is 25.8 Å². The fourth-order valence-electron chi connectivity index (χ4n) is 3.50. The van der Waals surface area contributed by atoms with Crippen molar-refractivity contribution < 1.29 is 0 Å². The molecule has 3 aromatic rings. The van der Waals surface area contributed by atoms with E-state index < -0.39 is 0 Å². The standard InChI is InChI=1S/C21H25N7/c1-22-21(26-18-10-11-28(14-18)19-8-3-2-4-9-19)23-13-16-6-5-7-17(12-16)20-24-15-25-27-20/h2-9,12,15,18H,10-11,13-14H2,1H3,(H2,22,23,26)(H,24,25,27). The number of nitrogens with zero attached hydrogens (tertiary/aromatic N) is 4. The number of benzene rings is 2. The minimum atomic E-state index is 0.381. The van der Waals surface area contributed by atoms with Gasteiger partial charge < -0.3 is 15.5 Å². The van der Waals surface area contributed by atoms with Crippen LogP contribution in [0.15, 0.2) is 65.9 Å². The molecule has 2 heterocycles. The molecule has 28 heavy (non-hydrogen) atoms. The average molecular weight is 375 g/mol. The zero-order chi connectivity index (χ0) is 19.2. The van der Waals surface area contributed by atoms with E-state index in [1.54, 1.807) is 0 Å². The first-order valence-corrected chi connectivity index (χ1v) is 9.53. The van der Waals surface area contributed by atoms with Gasteiger partial charge in [-0.15, -0.1) is 0 Å². The first kappa shape index (κ1) is 18.0. The highest BCUT2D eigenvalue weighted by Gasteiger charge is 2.23. The Bertz CT molecular complexity index is 906. The van der Waals surface area contributed by atoms with Crippen LogP contribution in [-0.2, 0) is 6.54 Å². The minimum absolute atomic E-state index is 0.381. The molecule has 0 spiro atoms. The van der Waals surface area contributed by atoms with Crippen LogP contribution in [0.2, 0.25) is 0 Å². The van der Waals surface area contributed by atoms with Crippen LogP contribution in [0.25, 0.3) is 11.4 Å². The number of aromatic nitrogens is 3. The van der Waals surface area contributed by atoms with Crippen LogP contribution in [0, 0.1) is 0 Å². The smallest absolute Gasteiger partial charge is 0.191 e. The van der Waals surface area contributed by atoms with Crippen molar-refractivity contribution in [3.05, 3.63) is 66.5 Å². The number of hydrogen-bond donors (Lipinski definition) is 3. The van der Waals surface area contributed by atoms with E-state index in [2.05, 4.69) is 78.2 Å². The van der Waals surface area contributed by atoms with Gasteiger partial charge in [-0.05, 0) is 30.2 Å². The summed E-state index contributed by atoms with van der Waals surface area (Å²) in [6, 6.07) is 19.2. The molecular formula is C21H25N7. The van der Waals surface area contributed by atoms with Crippen molar-refractivity contribution in [2.75, 3.05) is 25.0 Å². The zero-order valence-corrected chi connectivity index (χ0v) is 16.0. The monoisotopic (exact) mass is 375 g/mol. The van der Waals surface area contributed by atoms with Gasteiger partial charge in [-0.1, -0.05) is 36.4 Å². The molecule has 7 nitrogen and oxygen atoms in total. The Labute approximate surface area is 164 Å². The van der Waals surface area contributed by atoms with Crippen molar-refractivity contribution >= 4 is 11.6 Å². The van der Waals surface area contributed by atoms with E-state index in [-0.39, 0.29) is 0 Å². The van der Waals surface area contributed by atoms with E-state index in [1.165, 1.54) is 12.0 Å². The number of hydrogen-bond acceptors (Lipinski definition) is 4. The van der Waals surface area contributed by atoms with Gasteiger partial charge in [0.2, 0.25) is 0 Å². The van der Waals surface area contributed by atoms with Crippen LogP contribution < -0.4 is 15.5 Å². The third kappa shape index (κ3) is 4.31. The lowest BCUT2D eigenvalue weighted by Gasteiger charge is -2.20. The van der Waals surface area contributed by atoms with Crippen molar-refractivity contribution in [2.45, 2.75) is 19.0 Å². The molecule has 0 radical (unpaired) electrons. The predicted molar refractivity (Wildman–Crippen MR) is 112 cm³/mol. The van der Waals surface area contributed by atoms with Gasteiger partial charge in [0.15, 0.2) is 11.8 Å². The predicted octanol–water partition coefficient (Wildman–Crippen LogP) is 2.42. The minimum Gasteiger partial charge on any atom is -0.369 e. The second-order valence-corrected chi connectivity index (χ2v) is 6.87. The van der Waals surface area contributed by atoms with Crippen molar-refractivity contribution in [3.63, 3.8) is 0 Å². The molecule has 2 aromatic carbocycles. The van der Waals surface area contributed by atoms with Gasteiger partial charge >= 0.3 is 0 Å². The molecule has 1 saturated heterocycles. The van der Waals surface area contributed by atoms with Gasteiger partial charge in [-0.25, -0.2) is 4.98 Å². The molecule has 144 valence electrons. The van der Waals surface area contributed by atoms with E-state index >= 15 is 0 Å². The fraction of sp³-hybridized carbons (Fsp3) is 0.286. The van der Waals surface area contributed by atoms with E-state index in [0.29, 0.717) is 12.6 Å². The summed E-state index contributed by atoms with van der Waals surface area (Å²) >= 11 is 0. The summed E-state index contributed by atoms with van der Waals surface area (Å²) in [7, 11) is 1.81. The normalized spacial score (nSPS) is 17.0. The Morgan fingerprint density at radius 3 is 2.89 bits per heavy atom. The van der Waals surface area contributed by atoms with E-state index in [9.17, 15) is 0 Å². The van der Waals surface area contributed by atoms with Gasteiger partial charge in [0.25, 0.3) is 0 Å². The third-order valence-electron chi connectivity index (χ3n) is 4.95. The van der Waals surface area contributed by atoms with Crippen molar-refractivity contribution in [1.29, 1.82) is 0 Å². The molecule has 1 atom stereocenters. The van der Waals surface area contributed by atoms with Crippen LogP contribution in [-0.4, -0.2) is 47.3 Å². The Kier molecular flexibility index (Phi) is 5.51. The first-order chi connectivity index (χ1) is 13.8. The molecule has 0 bridgehead atoms. The Morgan fingerprint density at radius 2 is 2.11 bits per heavy atom. The number of guanidine groups is 1. The Balaban J connectivity index is 1.32. The van der Waals surface area contributed by atoms with E-state index in [4.69, 9.17) is 0 Å². The molecule has 1 aliphatic rings. The van der Waals surface area contributed by atoms with E-state index in [1.807, 2.05) is 19.2 Å². The fourth-order valence-corrected chi connectivity index (χ4v) is 3.50. The van der Waals surface area contributed by atoms with Crippen LogP contribution in [0.1, 0.15) is 12.0 Å². The number of rotatable bonds is 5. The molecular weight excluding hydrogens is 350 g/mol. The SMILES string of the molecule is CN=C(NCc1cccc(-c2ncn[nH]2)c1)NC1CCN(c2ccccc2)C1. The van der Waals surface area contributed by atoms with Crippen LogP contribution in [0.3, 0.4) is 0 Å². The second kappa shape index (κ2) is 8.56. The highest BCUT2D eigenvalue weighted by Crippen LogP contribution is 2.19. The molecule has 1 aliphatic heterocycles. The van der Waals surface area contributed by atoms with Crippen molar-refractivity contribution in [3.8, 4) is 11.4 Å². The largest absolute Gasteiger partial charge is 0.369 e. The molecule has 0 saturated carbocycles. The maximum atomic E-state index is 4.38. The van der Waals surface area contributed by atoms with Crippen molar-refractivity contribution in [2.24, 2.45) is 4.99 Å². The lowest BCUT2D eigenvalue weighted by Crippen LogP contribution is -2.44. The summed E-state index contributed by atoms with van der Waals surface area (Å²) in [6.45, 7) is 2.72. The maximum Gasteiger partial charge on any atom is 0.191 e. The van der Waals surface area contributed by atoms with E-state index in [0.717, 1.165) is 42.4 Å². The van der Waals surface area contributed by atoms with Gasteiger partial charge in [-0.2, -0.15) is 5.10 Å². The second-order valence-electron chi connectivity index (χ2n) is 6.87. The number of nitrogens with one attached hydrogen (secondary N) is 3. The summed E-state index contributed by atoms with van der Waals surface area (Å²) in [6.07, 6.45) is 2.61. The lowest BCUT2D eigenvalue weighted by atomic mass is 10.1. The number of anilines is 1.